The quantitative estimate of drug-likeness (QED) is 0.787. The Kier molecular flexibility index (Phi) is 6.36. The van der Waals surface area contributed by atoms with Crippen LogP contribution in [-0.4, -0.2) is 45.4 Å². The highest BCUT2D eigenvalue weighted by Crippen LogP contribution is 2.39. The molecule has 0 aromatic heterocycles. The second-order valence-corrected chi connectivity index (χ2v) is 6.58. The maximum absolute atomic E-state index is 5.57. The van der Waals surface area contributed by atoms with Crippen LogP contribution in [0.1, 0.15) is 17.5 Å². The zero-order chi connectivity index (χ0) is 18.4. The van der Waals surface area contributed by atoms with Crippen molar-refractivity contribution >= 4 is 0 Å². The molecule has 1 atom stereocenters. The van der Waals surface area contributed by atoms with E-state index in [1.54, 1.807) is 21.3 Å². The van der Waals surface area contributed by atoms with Crippen LogP contribution in [0.5, 0.6) is 17.2 Å². The molecule has 0 unspecified atom stereocenters. The van der Waals surface area contributed by atoms with Crippen molar-refractivity contribution in [3.63, 3.8) is 0 Å². The smallest absolute Gasteiger partial charge is 0.203 e. The lowest BCUT2D eigenvalue weighted by atomic mass is 10.1. The van der Waals surface area contributed by atoms with Crippen molar-refractivity contribution in [3.8, 4) is 17.2 Å². The standard InChI is InChI=1S/C21H28N2O3/c1-24-19-10-9-17(20(25-2)21(19)26-3)13-22-18-11-12-23(15-18)14-16-7-5-4-6-8-16/h4-10,18,22H,11-15H2,1-3H3/t18-/m1/s1. The Morgan fingerprint density at radius 1 is 0.962 bits per heavy atom. The fraction of sp³-hybridized carbons (Fsp3) is 0.429. The first-order chi connectivity index (χ1) is 12.7. The lowest BCUT2D eigenvalue weighted by molar-refractivity contribution is 0.315. The van der Waals surface area contributed by atoms with Crippen LogP contribution < -0.4 is 19.5 Å². The molecule has 2 aromatic carbocycles. The van der Waals surface area contributed by atoms with Crippen LogP contribution in [-0.2, 0) is 13.1 Å². The van der Waals surface area contributed by atoms with Gasteiger partial charge in [-0.3, -0.25) is 4.90 Å². The van der Waals surface area contributed by atoms with E-state index in [0.717, 1.165) is 43.9 Å². The maximum Gasteiger partial charge on any atom is 0.203 e. The first-order valence-corrected chi connectivity index (χ1v) is 9.02. The number of rotatable bonds is 8. The minimum atomic E-state index is 0.483. The Bertz CT molecular complexity index is 706. The van der Waals surface area contributed by atoms with Crippen LogP contribution >= 0.6 is 0 Å². The third kappa shape index (κ3) is 4.29. The van der Waals surface area contributed by atoms with Gasteiger partial charge in [-0.1, -0.05) is 36.4 Å². The van der Waals surface area contributed by atoms with E-state index in [0.29, 0.717) is 17.5 Å². The molecule has 1 fully saturated rings. The molecule has 1 saturated heterocycles. The summed E-state index contributed by atoms with van der Waals surface area (Å²) in [6.07, 6.45) is 1.16. The van der Waals surface area contributed by atoms with Crippen LogP contribution in [0.25, 0.3) is 0 Å². The van der Waals surface area contributed by atoms with E-state index >= 15 is 0 Å². The van der Waals surface area contributed by atoms with E-state index in [4.69, 9.17) is 14.2 Å². The van der Waals surface area contributed by atoms with Crippen molar-refractivity contribution < 1.29 is 14.2 Å². The Morgan fingerprint density at radius 2 is 1.73 bits per heavy atom. The summed E-state index contributed by atoms with van der Waals surface area (Å²) in [6, 6.07) is 15.1. The lowest BCUT2D eigenvalue weighted by Gasteiger charge is -2.19. The van der Waals surface area contributed by atoms with E-state index < -0.39 is 0 Å². The average Bonchev–Trinajstić information content (AvgIpc) is 3.13. The number of methoxy groups -OCH3 is 3. The molecule has 0 spiro atoms. The molecule has 0 aliphatic carbocycles. The van der Waals surface area contributed by atoms with Crippen LogP contribution in [0.4, 0.5) is 0 Å². The molecule has 5 heteroatoms. The Morgan fingerprint density at radius 3 is 2.42 bits per heavy atom. The molecule has 140 valence electrons. The van der Waals surface area contributed by atoms with Gasteiger partial charge in [-0.2, -0.15) is 0 Å². The van der Waals surface area contributed by atoms with E-state index in [-0.39, 0.29) is 0 Å². The van der Waals surface area contributed by atoms with E-state index in [9.17, 15) is 0 Å². The molecule has 0 bridgehead atoms. The zero-order valence-corrected chi connectivity index (χ0v) is 15.8. The van der Waals surface area contributed by atoms with Crippen molar-refractivity contribution in [3.05, 3.63) is 53.6 Å². The molecule has 2 aromatic rings. The maximum atomic E-state index is 5.57. The van der Waals surface area contributed by atoms with Crippen molar-refractivity contribution in [2.75, 3.05) is 34.4 Å². The fourth-order valence-electron chi connectivity index (χ4n) is 3.54. The topological polar surface area (TPSA) is 43.0 Å². The second kappa shape index (κ2) is 8.92. The van der Waals surface area contributed by atoms with Gasteiger partial charge in [0.1, 0.15) is 0 Å². The number of hydrogen-bond donors (Lipinski definition) is 1. The molecule has 1 aliphatic rings. The SMILES string of the molecule is COc1ccc(CN[C@@H]2CCN(Cc3ccccc3)C2)c(OC)c1OC. The summed E-state index contributed by atoms with van der Waals surface area (Å²) in [5.41, 5.74) is 2.45. The van der Waals surface area contributed by atoms with E-state index in [2.05, 4.69) is 40.5 Å². The summed E-state index contributed by atoms with van der Waals surface area (Å²) < 4.78 is 16.4. The summed E-state index contributed by atoms with van der Waals surface area (Å²) >= 11 is 0. The summed E-state index contributed by atoms with van der Waals surface area (Å²) in [4.78, 5) is 2.50. The predicted octanol–water partition coefficient (Wildman–Crippen LogP) is 3.08. The fourth-order valence-corrected chi connectivity index (χ4v) is 3.54. The minimum Gasteiger partial charge on any atom is -0.493 e. The third-order valence-electron chi connectivity index (χ3n) is 4.89. The van der Waals surface area contributed by atoms with Crippen molar-refractivity contribution in [1.82, 2.24) is 10.2 Å². The monoisotopic (exact) mass is 356 g/mol. The summed E-state index contributed by atoms with van der Waals surface area (Å²) in [7, 11) is 4.93. The van der Waals surface area contributed by atoms with Crippen LogP contribution in [0.15, 0.2) is 42.5 Å². The number of benzene rings is 2. The van der Waals surface area contributed by atoms with Gasteiger partial charge in [-0.15, -0.1) is 0 Å². The van der Waals surface area contributed by atoms with Crippen molar-refractivity contribution in [2.24, 2.45) is 0 Å². The minimum absolute atomic E-state index is 0.483. The van der Waals surface area contributed by atoms with Gasteiger partial charge in [0.2, 0.25) is 5.75 Å². The van der Waals surface area contributed by atoms with Gasteiger partial charge < -0.3 is 19.5 Å². The van der Waals surface area contributed by atoms with Crippen LogP contribution in [0, 0.1) is 0 Å². The Balaban J connectivity index is 1.58. The largest absolute Gasteiger partial charge is 0.493 e. The van der Waals surface area contributed by atoms with Gasteiger partial charge >= 0.3 is 0 Å². The van der Waals surface area contributed by atoms with Crippen molar-refractivity contribution in [1.29, 1.82) is 0 Å². The third-order valence-corrected chi connectivity index (χ3v) is 4.89. The normalized spacial score (nSPS) is 17.3. The van der Waals surface area contributed by atoms with Crippen molar-refractivity contribution in [2.45, 2.75) is 25.6 Å². The second-order valence-electron chi connectivity index (χ2n) is 6.58. The molecule has 0 radical (unpaired) electrons. The van der Waals surface area contributed by atoms with Crippen LogP contribution in [0.2, 0.25) is 0 Å². The van der Waals surface area contributed by atoms with Gasteiger partial charge in [-0.25, -0.2) is 0 Å². The number of likely N-dealkylation sites (tertiary alicyclic amines) is 1. The number of nitrogens with one attached hydrogen (secondary N) is 1. The highest BCUT2D eigenvalue weighted by atomic mass is 16.5. The molecular weight excluding hydrogens is 328 g/mol. The van der Waals surface area contributed by atoms with Crippen LogP contribution in [0.3, 0.4) is 0 Å². The average molecular weight is 356 g/mol. The van der Waals surface area contributed by atoms with E-state index in [1.807, 2.05) is 12.1 Å². The molecule has 5 nitrogen and oxygen atoms in total. The molecule has 1 heterocycles. The molecule has 0 saturated carbocycles. The molecule has 1 aliphatic heterocycles. The molecular formula is C21H28N2O3. The first kappa shape index (κ1) is 18.5. The predicted molar refractivity (Wildman–Crippen MR) is 103 cm³/mol. The highest BCUT2D eigenvalue weighted by molar-refractivity contribution is 5.55. The highest BCUT2D eigenvalue weighted by Gasteiger charge is 2.23. The summed E-state index contributed by atoms with van der Waals surface area (Å²) in [5, 5.41) is 3.66. The van der Waals surface area contributed by atoms with E-state index in [1.165, 1.54) is 5.56 Å². The number of hydrogen-bond acceptors (Lipinski definition) is 5. The van der Waals surface area contributed by atoms with Gasteiger partial charge in [0.15, 0.2) is 11.5 Å². The van der Waals surface area contributed by atoms with Gasteiger partial charge in [-0.05, 0) is 18.1 Å². The van der Waals surface area contributed by atoms with Gasteiger partial charge in [0.05, 0.1) is 21.3 Å². The first-order valence-electron chi connectivity index (χ1n) is 9.02. The summed E-state index contributed by atoms with van der Waals surface area (Å²) in [5.74, 6) is 2.06. The molecule has 26 heavy (non-hydrogen) atoms. The summed E-state index contributed by atoms with van der Waals surface area (Å²) in [6.45, 7) is 3.94. The zero-order valence-electron chi connectivity index (χ0n) is 15.8. The van der Waals surface area contributed by atoms with Gasteiger partial charge in [0.25, 0.3) is 0 Å². The molecule has 0 amide bonds. The lowest BCUT2D eigenvalue weighted by Crippen LogP contribution is -2.32. The molecule has 3 rings (SSSR count). The molecule has 1 N–H and O–H groups in total. The Hall–Kier alpha value is -2.24. The number of nitrogens with zero attached hydrogens (tertiary/aromatic N) is 1. The number of ether oxygens (including phenoxy) is 3. The Labute approximate surface area is 155 Å². The van der Waals surface area contributed by atoms with Gasteiger partial charge in [0, 0.05) is 37.8 Å².